The number of rotatable bonds is 0. The van der Waals surface area contributed by atoms with Crippen LogP contribution in [0.5, 0.6) is 0 Å². The molecule has 68 valence electrons. The molecule has 1 aliphatic heterocycles. The highest BCUT2D eigenvalue weighted by Gasteiger charge is 2.35. The molecule has 1 amide bonds. The van der Waals surface area contributed by atoms with Crippen molar-refractivity contribution in [3.05, 3.63) is 0 Å². The molecule has 0 spiro atoms. The largest absolute Gasteiger partial charge is 0.363 e. The van der Waals surface area contributed by atoms with Gasteiger partial charge in [-0.2, -0.15) is 0 Å². The molecule has 3 heteroatoms. The number of carbonyl (C=O) groups excluding carboxylic acids is 1. The normalized spacial score (nSPS) is 41.8. The molecule has 2 aliphatic rings. The molecule has 1 aliphatic carbocycles. The first-order valence-electron chi connectivity index (χ1n) is 4.73. The minimum absolute atomic E-state index is 0.0538. The molecule has 0 bridgehead atoms. The first-order chi connectivity index (χ1) is 5.77. The maximum atomic E-state index is 11.2. The van der Waals surface area contributed by atoms with Crippen molar-refractivity contribution in [1.82, 2.24) is 5.32 Å². The standard InChI is InChI=1S/C9H15NO2/c1-6-9(11)10-7-4-2-3-5-8(7)12-6/h6-8H,2-5H2,1H3,(H,10,11). The number of ether oxygens (including phenoxy) is 1. The van der Waals surface area contributed by atoms with Crippen LogP contribution < -0.4 is 5.32 Å². The maximum Gasteiger partial charge on any atom is 0.249 e. The number of hydrogen-bond acceptors (Lipinski definition) is 2. The van der Waals surface area contributed by atoms with Crippen molar-refractivity contribution in [2.75, 3.05) is 0 Å². The van der Waals surface area contributed by atoms with Gasteiger partial charge in [0.15, 0.2) is 0 Å². The molecule has 3 unspecified atom stereocenters. The summed E-state index contributed by atoms with van der Waals surface area (Å²) in [5.74, 6) is 0.0538. The Kier molecular flexibility index (Phi) is 2.05. The van der Waals surface area contributed by atoms with Gasteiger partial charge in [-0.25, -0.2) is 0 Å². The second-order valence-electron chi connectivity index (χ2n) is 3.72. The van der Waals surface area contributed by atoms with E-state index in [1.54, 1.807) is 0 Å². The fourth-order valence-electron chi connectivity index (χ4n) is 2.05. The van der Waals surface area contributed by atoms with E-state index in [0.717, 1.165) is 12.8 Å². The highest BCUT2D eigenvalue weighted by molar-refractivity contribution is 5.81. The fraction of sp³-hybridized carbons (Fsp3) is 0.889. The Labute approximate surface area is 72.5 Å². The molecular formula is C9H15NO2. The lowest BCUT2D eigenvalue weighted by Crippen LogP contribution is -2.56. The van der Waals surface area contributed by atoms with Crippen LogP contribution in [0.1, 0.15) is 32.6 Å². The molecule has 1 N–H and O–H groups in total. The molecule has 1 saturated carbocycles. The van der Waals surface area contributed by atoms with Crippen molar-refractivity contribution >= 4 is 5.91 Å². The van der Waals surface area contributed by atoms with E-state index in [2.05, 4.69) is 5.32 Å². The third kappa shape index (κ3) is 1.33. The van der Waals surface area contributed by atoms with Crippen LogP contribution in [0.2, 0.25) is 0 Å². The van der Waals surface area contributed by atoms with Crippen molar-refractivity contribution in [2.24, 2.45) is 0 Å². The number of morpholine rings is 1. The summed E-state index contributed by atoms with van der Waals surface area (Å²) in [6.45, 7) is 1.82. The molecule has 2 fully saturated rings. The summed E-state index contributed by atoms with van der Waals surface area (Å²) >= 11 is 0. The molecule has 1 saturated heterocycles. The van der Waals surface area contributed by atoms with E-state index in [4.69, 9.17) is 4.74 Å². The lowest BCUT2D eigenvalue weighted by molar-refractivity contribution is -0.150. The van der Waals surface area contributed by atoms with E-state index in [9.17, 15) is 4.79 Å². The van der Waals surface area contributed by atoms with Gasteiger partial charge in [0.2, 0.25) is 5.91 Å². The second-order valence-corrected chi connectivity index (χ2v) is 3.72. The van der Waals surface area contributed by atoms with E-state index in [1.807, 2.05) is 6.92 Å². The molecule has 0 aromatic carbocycles. The maximum absolute atomic E-state index is 11.2. The van der Waals surface area contributed by atoms with Gasteiger partial charge in [0, 0.05) is 0 Å². The van der Waals surface area contributed by atoms with Crippen LogP contribution in [-0.2, 0) is 9.53 Å². The van der Waals surface area contributed by atoms with Crippen LogP contribution in [0.4, 0.5) is 0 Å². The molecule has 0 aromatic rings. The Bertz CT molecular complexity index is 193. The Morgan fingerprint density at radius 2 is 2.17 bits per heavy atom. The Hall–Kier alpha value is -0.570. The van der Waals surface area contributed by atoms with Crippen molar-refractivity contribution < 1.29 is 9.53 Å². The van der Waals surface area contributed by atoms with Crippen molar-refractivity contribution in [1.29, 1.82) is 0 Å². The summed E-state index contributed by atoms with van der Waals surface area (Å²) in [4.78, 5) is 11.2. The Balaban J connectivity index is 2.02. The van der Waals surface area contributed by atoms with Gasteiger partial charge in [0.25, 0.3) is 0 Å². The Morgan fingerprint density at radius 3 is 3.00 bits per heavy atom. The molecule has 3 atom stereocenters. The van der Waals surface area contributed by atoms with Crippen LogP contribution in [0.25, 0.3) is 0 Å². The second kappa shape index (κ2) is 3.05. The summed E-state index contributed by atoms with van der Waals surface area (Å²) in [7, 11) is 0. The van der Waals surface area contributed by atoms with Gasteiger partial charge in [-0.3, -0.25) is 4.79 Å². The first-order valence-corrected chi connectivity index (χ1v) is 4.73. The number of fused-ring (bicyclic) bond motifs is 1. The van der Waals surface area contributed by atoms with Crippen LogP contribution in [0.15, 0.2) is 0 Å². The molecule has 3 nitrogen and oxygen atoms in total. The van der Waals surface area contributed by atoms with Gasteiger partial charge in [0.1, 0.15) is 6.10 Å². The van der Waals surface area contributed by atoms with E-state index < -0.39 is 0 Å². The molecule has 0 aromatic heterocycles. The monoisotopic (exact) mass is 169 g/mol. The molecule has 0 radical (unpaired) electrons. The summed E-state index contributed by atoms with van der Waals surface area (Å²) in [6.07, 6.45) is 4.69. The van der Waals surface area contributed by atoms with Crippen LogP contribution in [0.3, 0.4) is 0 Å². The minimum Gasteiger partial charge on any atom is -0.363 e. The van der Waals surface area contributed by atoms with Crippen LogP contribution >= 0.6 is 0 Å². The number of carbonyl (C=O) groups is 1. The molecular weight excluding hydrogens is 154 g/mol. The topological polar surface area (TPSA) is 38.3 Å². The highest BCUT2D eigenvalue weighted by Crippen LogP contribution is 2.25. The van der Waals surface area contributed by atoms with Crippen molar-refractivity contribution in [2.45, 2.75) is 50.9 Å². The molecule has 1 heterocycles. The van der Waals surface area contributed by atoms with Gasteiger partial charge in [0.05, 0.1) is 12.1 Å². The van der Waals surface area contributed by atoms with E-state index in [1.165, 1.54) is 12.8 Å². The number of hydrogen-bond donors (Lipinski definition) is 1. The summed E-state index contributed by atoms with van der Waals surface area (Å²) < 4.78 is 5.59. The predicted octanol–water partition coefficient (Wildman–Crippen LogP) is 0.832. The summed E-state index contributed by atoms with van der Waals surface area (Å²) in [5.41, 5.74) is 0. The predicted molar refractivity (Wildman–Crippen MR) is 44.7 cm³/mol. The first kappa shape index (κ1) is 8.05. The van der Waals surface area contributed by atoms with E-state index in [0.29, 0.717) is 6.04 Å². The van der Waals surface area contributed by atoms with Crippen molar-refractivity contribution in [3.8, 4) is 0 Å². The minimum atomic E-state index is -0.246. The molecule has 2 rings (SSSR count). The van der Waals surface area contributed by atoms with E-state index >= 15 is 0 Å². The van der Waals surface area contributed by atoms with Gasteiger partial charge in [-0.05, 0) is 19.8 Å². The third-order valence-electron chi connectivity index (χ3n) is 2.78. The molecule has 12 heavy (non-hydrogen) atoms. The summed E-state index contributed by atoms with van der Waals surface area (Å²) in [5, 5.41) is 3.00. The van der Waals surface area contributed by atoms with E-state index in [-0.39, 0.29) is 18.1 Å². The number of nitrogens with one attached hydrogen (secondary N) is 1. The quantitative estimate of drug-likeness (QED) is 0.583. The van der Waals surface area contributed by atoms with Crippen LogP contribution in [0, 0.1) is 0 Å². The third-order valence-corrected chi connectivity index (χ3v) is 2.78. The summed E-state index contributed by atoms with van der Waals surface area (Å²) in [6, 6.07) is 0.294. The smallest absolute Gasteiger partial charge is 0.249 e. The van der Waals surface area contributed by atoms with Gasteiger partial charge < -0.3 is 10.1 Å². The highest BCUT2D eigenvalue weighted by atomic mass is 16.5. The SMILES string of the molecule is CC1OC2CCCCC2NC1=O. The Morgan fingerprint density at radius 1 is 1.42 bits per heavy atom. The van der Waals surface area contributed by atoms with Gasteiger partial charge in [-0.15, -0.1) is 0 Å². The van der Waals surface area contributed by atoms with Gasteiger partial charge >= 0.3 is 0 Å². The van der Waals surface area contributed by atoms with Crippen LogP contribution in [-0.4, -0.2) is 24.2 Å². The zero-order valence-electron chi connectivity index (χ0n) is 7.38. The lowest BCUT2D eigenvalue weighted by atomic mass is 9.91. The fourth-order valence-corrected chi connectivity index (χ4v) is 2.05. The number of amides is 1. The zero-order valence-corrected chi connectivity index (χ0v) is 7.38. The van der Waals surface area contributed by atoms with Crippen molar-refractivity contribution in [3.63, 3.8) is 0 Å². The average molecular weight is 169 g/mol. The van der Waals surface area contributed by atoms with Gasteiger partial charge in [-0.1, -0.05) is 12.8 Å². The lowest BCUT2D eigenvalue weighted by Gasteiger charge is -2.38. The zero-order chi connectivity index (χ0) is 8.55. The average Bonchev–Trinajstić information content (AvgIpc) is 2.07.